The Balaban J connectivity index is 2.29. The molecule has 0 fully saturated rings. The summed E-state index contributed by atoms with van der Waals surface area (Å²) in [6, 6.07) is 9.09. The van der Waals surface area contributed by atoms with Crippen LogP contribution in [0.5, 0.6) is 0 Å². The molecule has 0 spiro atoms. The van der Waals surface area contributed by atoms with E-state index in [4.69, 9.17) is 5.73 Å². The Hall–Kier alpha value is -2.75. The lowest BCUT2D eigenvalue weighted by Gasteiger charge is -2.19. The van der Waals surface area contributed by atoms with E-state index >= 15 is 0 Å². The SMILES string of the molecule is Nc1cccc2c1-c1nccc3ccnc(c13)C2=O. The third-order valence-corrected chi connectivity index (χ3v) is 3.47. The molecule has 0 saturated heterocycles. The highest BCUT2D eigenvalue weighted by Gasteiger charge is 2.28. The van der Waals surface area contributed by atoms with Crippen molar-refractivity contribution in [3.8, 4) is 11.3 Å². The van der Waals surface area contributed by atoms with E-state index in [-0.39, 0.29) is 5.78 Å². The van der Waals surface area contributed by atoms with Gasteiger partial charge in [0.15, 0.2) is 0 Å². The molecule has 3 aromatic rings. The number of pyridine rings is 2. The normalized spacial score (nSPS) is 12.5. The van der Waals surface area contributed by atoms with Crippen molar-refractivity contribution < 1.29 is 4.79 Å². The molecule has 0 amide bonds. The van der Waals surface area contributed by atoms with Gasteiger partial charge in [-0.1, -0.05) is 12.1 Å². The summed E-state index contributed by atoms with van der Waals surface area (Å²) in [6.45, 7) is 0. The molecule has 0 bridgehead atoms. The Kier molecular flexibility index (Phi) is 1.82. The Morgan fingerprint density at radius 3 is 2.47 bits per heavy atom. The van der Waals surface area contributed by atoms with E-state index in [1.807, 2.05) is 12.1 Å². The van der Waals surface area contributed by atoms with Crippen LogP contribution in [0.1, 0.15) is 16.1 Å². The Morgan fingerprint density at radius 2 is 1.68 bits per heavy atom. The van der Waals surface area contributed by atoms with Crippen molar-refractivity contribution >= 4 is 22.2 Å². The van der Waals surface area contributed by atoms with E-state index in [2.05, 4.69) is 9.97 Å². The van der Waals surface area contributed by atoms with E-state index in [1.54, 1.807) is 30.6 Å². The minimum atomic E-state index is -0.0894. The van der Waals surface area contributed by atoms with E-state index in [9.17, 15) is 4.79 Å². The quantitative estimate of drug-likeness (QED) is 0.484. The largest absolute Gasteiger partial charge is 0.398 e. The van der Waals surface area contributed by atoms with E-state index in [1.165, 1.54) is 0 Å². The molecule has 0 unspecified atom stereocenters. The van der Waals surface area contributed by atoms with Gasteiger partial charge in [0.1, 0.15) is 5.69 Å². The molecule has 1 aliphatic rings. The molecule has 0 atom stereocenters. The zero-order chi connectivity index (χ0) is 13.0. The summed E-state index contributed by atoms with van der Waals surface area (Å²) in [7, 11) is 0. The number of nitrogens with two attached hydrogens (primary N) is 1. The summed E-state index contributed by atoms with van der Waals surface area (Å²) >= 11 is 0. The monoisotopic (exact) mass is 247 g/mol. The van der Waals surface area contributed by atoms with Gasteiger partial charge in [-0.2, -0.15) is 0 Å². The fourth-order valence-electron chi connectivity index (χ4n) is 2.63. The zero-order valence-electron chi connectivity index (χ0n) is 9.92. The molecule has 90 valence electrons. The van der Waals surface area contributed by atoms with Crippen LogP contribution in [0.3, 0.4) is 0 Å². The fraction of sp³-hybridized carbons (Fsp3) is 0. The Labute approximate surface area is 108 Å². The van der Waals surface area contributed by atoms with Crippen LogP contribution >= 0.6 is 0 Å². The zero-order valence-corrected chi connectivity index (χ0v) is 9.92. The summed E-state index contributed by atoms with van der Waals surface area (Å²) < 4.78 is 0. The maximum Gasteiger partial charge on any atom is 0.212 e. The third-order valence-electron chi connectivity index (χ3n) is 3.47. The van der Waals surface area contributed by atoms with Crippen molar-refractivity contribution in [2.45, 2.75) is 0 Å². The molecule has 0 saturated carbocycles. The number of rotatable bonds is 0. The minimum Gasteiger partial charge on any atom is -0.398 e. The number of benzene rings is 1. The van der Waals surface area contributed by atoms with Crippen molar-refractivity contribution in [3.63, 3.8) is 0 Å². The van der Waals surface area contributed by atoms with Crippen LogP contribution in [-0.2, 0) is 0 Å². The lowest BCUT2D eigenvalue weighted by atomic mass is 9.88. The maximum absolute atomic E-state index is 12.5. The number of anilines is 1. The van der Waals surface area contributed by atoms with Gasteiger partial charge in [0.05, 0.1) is 5.69 Å². The van der Waals surface area contributed by atoms with Crippen molar-refractivity contribution in [1.29, 1.82) is 0 Å². The summed E-state index contributed by atoms with van der Waals surface area (Å²) in [5, 5.41) is 1.75. The van der Waals surface area contributed by atoms with Crippen molar-refractivity contribution in [3.05, 3.63) is 54.0 Å². The average molecular weight is 247 g/mol. The van der Waals surface area contributed by atoms with Gasteiger partial charge in [0.25, 0.3) is 0 Å². The molecule has 4 nitrogen and oxygen atoms in total. The van der Waals surface area contributed by atoms with Crippen molar-refractivity contribution in [2.24, 2.45) is 0 Å². The second kappa shape index (κ2) is 3.38. The number of nitrogen functional groups attached to an aromatic ring is 1. The number of ketones is 1. The highest BCUT2D eigenvalue weighted by molar-refractivity contribution is 6.25. The lowest BCUT2D eigenvalue weighted by molar-refractivity contribution is 0.103. The number of aromatic nitrogens is 2. The molecule has 2 N–H and O–H groups in total. The Bertz CT molecular complexity index is 850. The molecular formula is C15H9N3O. The lowest BCUT2D eigenvalue weighted by Crippen LogP contribution is -2.13. The van der Waals surface area contributed by atoms with Gasteiger partial charge in [-0.3, -0.25) is 14.8 Å². The van der Waals surface area contributed by atoms with Gasteiger partial charge in [0.2, 0.25) is 5.78 Å². The fourth-order valence-corrected chi connectivity index (χ4v) is 2.63. The third kappa shape index (κ3) is 1.20. The highest BCUT2D eigenvalue weighted by Crippen LogP contribution is 2.39. The number of fused-ring (bicyclic) bond motifs is 2. The van der Waals surface area contributed by atoms with Crippen LogP contribution in [0.25, 0.3) is 22.0 Å². The van der Waals surface area contributed by atoms with Gasteiger partial charge >= 0.3 is 0 Å². The van der Waals surface area contributed by atoms with Gasteiger partial charge in [-0.05, 0) is 23.6 Å². The molecule has 4 heteroatoms. The van der Waals surface area contributed by atoms with Gasteiger partial charge < -0.3 is 5.73 Å². The molecule has 4 rings (SSSR count). The number of hydrogen-bond acceptors (Lipinski definition) is 4. The van der Waals surface area contributed by atoms with Crippen molar-refractivity contribution in [1.82, 2.24) is 9.97 Å². The van der Waals surface area contributed by atoms with Gasteiger partial charge in [-0.25, -0.2) is 0 Å². The van der Waals surface area contributed by atoms with Gasteiger partial charge in [-0.15, -0.1) is 0 Å². The van der Waals surface area contributed by atoms with E-state index < -0.39 is 0 Å². The first kappa shape index (κ1) is 10.2. The first-order valence-electron chi connectivity index (χ1n) is 5.94. The number of nitrogens with zero attached hydrogens (tertiary/aromatic N) is 2. The minimum absolute atomic E-state index is 0.0894. The van der Waals surface area contributed by atoms with E-state index in [0.717, 1.165) is 22.0 Å². The molecule has 1 aromatic carbocycles. The number of hydrogen-bond donors (Lipinski definition) is 1. The molecule has 2 heterocycles. The molecule has 1 aliphatic carbocycles. The molecular weight excluding hydrogens is 238 g/mol. The molecule has 0 aliphatic heterocycles. The molecule has 19 heavy (non-hydrogen) atoms. The maximum atomic E-state index is 12.5. The van der Waals surface area contributed by atoms with Crippen LogP contribution in [0.15, 0.2) is 42.7 Å². The van der Waals surface area contributed by atoms with Crippen LogP contribution < -0.4 is 5.73 Å². The Morgan fingerprint density at radius 1 is 0.947 bits per heavy atom. The summed E-state index contributed by atoms with van der Waals surface area (Å²) in [4.78, 5) is 21.1. The van der Waals surface area contributed by atoms with Crippen LogP contribution in [-0.4, -0.2) is 15.8 Å². The standard InChI is InChI=1S/C15H9N3O/c16-10-3-1-2-9-12(10)13-11-8(4-6-17-13)5-7-18-14(11)15(9)19/h1-7H,16H2. The predicted octanol–water partition coefficient (Wildman–Crippen LogP) is 2.42. The molecule has 2 aromatic heterocycles. The van der Waals surface area contributed by atoms with Gasteiger partial charge in [0, 0.05) is 34.6 Å². The topological polar surface area (TPSA) is 68.9 Å². The van der Waals surface area contributed by atoms with Crippen molar-refractivity contribution in [2.75, 3.05) is 5.73 Å². The number of carbonyl (C=O) groups is 1. The second-order valence-electron chi connectivity index (χ2n) is 4.52. The first-order valence-corrected chi connectivity index (χ1v) is 5.94. The first-order chi connectivity index (χ1) is 9.27. The predicted molar refractivity (Wildman–Crippen MR) is 72.8 cm³/mol. The second-order valence-corrected chi connectivity index (χ2v) is 4.52. The summed E-state index contributed by atoms with van der Waals surface area (Å²) in [5.74, 6) is -0.0894. The average Bonchev–Trinajstić information content (AvgIpc) is 2.44. The smallest absolute Gasteiger partial charge is 0.212 e. The number of carbonyl (C=O) groups excluding carboxylic acids is 1. The highest BCUT2D eigenvalue weighted by atomic mass is 16.1. The summed E-state index contributed by atoms with van der Waals surface area (Å²) in [6.07, 6.45) is 3.38. The molecule has 0 radical (unpaired) electrons. The van der Waals surface area contributed by atoms with Crippen LogP contribution in [0.4, 0.5) is 5.69 Å². The van der Waals surface area contributed by atoms with E-state index in [0.29, 0.717) is 16.9 Å². The van der Waals surface area contributed by atoms with Crippen LogP contribution in [0, 0.1) is 0 Å². The van der Waals surface area contributed by atoms with Crippen LogP contribution in [0.2, 0.25) is 0 Å². The summed E-state index contributed by atoms with van der Waals surface area (Å²) in [5.41, 5.74) is 9.09.